The van der Waals surface area contributed by atoms with Crippen molar-refractivity contribution in [1.82, 2.24) is 5.32 Å². The minimum atomic E-state index is 0.329. The van der Waals surface area contributed by atoms with Crippen LogP contribution < -0.4 is 5.32 Å². The fourth-order valence-corrected chi connectivity index (χ4v) is 1.56. The second-order valence-corrected chi connectivity index (χ2v) is 3.97. The second-order valence-electron chi connectivity index (χ2n) is 3.97. The molecular formula is C10H21NO. The monoisotopic (exact) mass is 171 g/mol. The van der Waals surface area contributed by atoms with E-state index in [1.54, 1.807) is 0 Å². The maximum absolute atomic E-state index is 8.62. The molecule has 0 saturated heterocycles. The Morgan fingerprint density at radius 2 is 2.25 bits per heavy atom. The number of nitrogens with one attached hydrogen (secondary N) is 1. The molecule has 1 unspecified atom stereocenters. The summed E-state index contributed by atoms with van der Waals surface area (Å²) in [5.74, 6) is 0.946. The molecule has 0 radical (unpaired) electrons. The Balaban J connectivity index is 1.90. The first-order chi connectivity index (χ1) is 5.83. The zero-order chi connectivity index (χ0) is 8.81. The van der Waals surface area contributed by atoms with Crippen LogP contribution in [0.3, 0.4) is 0 Å². The summed E-state index contributed by atoms with van der Waals surface area (Å²) in [6, 6.07) is 0.581. The van der Waals surface area contributed by atoms with Gasteiger partial charge in [-0.2, -0.15) is 0 Å². The maximum atomic E-state index is 8.62. The summed E-state index contributed by atoms with van der Waals surface area (Å²) in [5.41, 5.74) is 0. The van der Waals surface area contributed by atoms with E-state index in [4.69, 9.17) is 5.11 Å². The number of rotatable bonds is 6. The molecule has 0 bridgehead atoms. The van der Waals surface area contributed by atoms with Crippen LogP contribution in [-0.2, 0) is 0 Å². The number of aliphatic hydroxyl groups is 1. The van der Waals surface area contributed by atoms with Gasteiger partial charge < -0.3 is 10.4 Å². The van der Waals surface area contributed by atoms with Crippen molar-refractivity contribution in [2.24, 2.45) is 5.92 Å². The molecule has 2 N–H and O–H groups in total. The normalized spacial score (nSPS) is 20.5. The molecule has 1 atom stereocenters. The molecule has 0 aromatic heterocycles. The van der Waals surface area contributed by atoms with Gasteiger partial charge >= 0.3 is 0 Å². The van der Waals surface area contributed by atoms with Crippen molar-refractivity contribution in [1.29, 1.82) is 0 Å². The molecule has 2 heteroatoms. The van der Waals surface area contributed by atoms with E-state index < -0.39 is 0 Å². The van der Waals surface area contributed by atoms with Crippen LogP contribution in [0.4, 0.5) is 0 Å². The van der Waals surface area contributed by atoms with Crippen LogP contribution >= 0.6 is 0 Å². The summed E-state index contributed by atoms with van der Waals surface area (Å²) in [6.07, 6.45) is 6.29. The van der Waals surface area contributed by atoms with E-state index in [9.17, 15) is 0 Å². The van der Waals surface area contributed by atoms with Crippen molar-refractivity contribution < 1.29 is 5.11 Å². The SMILES string of the molecule is CC(CCCO)NCC1CCC1. The molecule has 0 spiro atoms. The zero-order valence-corrected chi connectivity index (χ0v) is 8.05. The summed E-state index contributed by atoms with van der Waals surface area (Å²) < 4.78 is 0. The first kappa shape index (κ1) is 10.0. The molecule has 1 fully saturated rings. The van der Waals surface area contributed by atoms with E-state index in [-0.39, 0.29) is 0 Å². The predicted molar refractivity (Wildman–Crippen MR) is 51.1 cm³/mol. The lowest BCUT2D eigenvalue weighted by Crippen LogP contribution is -2.33. The van der Waals surface area contributed by atoms with E-state index in [0.717, 1.165) is 18.8 Å². The van der Waals surface area contributed by atoms with Gasteiger partial charge in [0.05, 0.1) is 0 Å². The van der Waals surface area contributed by atoms with Gasteiger partial charge in [-0.3, -0.25) is 0 Å². The van der Waals surface area contributed by atoms with Crippen molar-refractivity contribution in [2.45, 2.75) is 45.1 Å². The van der Waals surface area contributed by atoms with E-state index in [2.05, 4.69) is 12.2 Å². The van der Waals surface area contributed by atoms with Crippen LogP contribution in [0.1, 0.15) is 39.0 Å². The Hall–Kier alpha value is -0.0800. The Kier molecular flexibility index (Phi) is 4.62. The Morgan fingerprint density at radius 1 is 1.50 bits per heavy atom. The summed E-state index contributed by atoms with van der Waals surface area (Å²) in [4.78, 5) is 0. The Bertz CT molecular complexity index is 112. The van der Waals surface area contributed by atoms with E-state index >= 15 is 0 Å². The second kappa shape index (κ2) is 5.55. The number of aliphatic hydroxyl groups excluding tert-OH is 1. The third-order valence-corrected chi connectivity index (χ3v) is 2.77. The summed E-state index contributed by atoms with van der Waals surface area (Å²) in [7, 11) is 0. The van der Waals surface area contributed by atoms with Crippen LogP contribution in [0.25, 0.3) is 0 Å². The fourth-order valence-electron chi connectivity index (χ4n) is 1.56. The molecule has 1 aliphatic rings. The molecule has 1 rings (SSSR count). The highest BCUT2D eigenvalue weighted by Gasteiger charge is 2.17. The topological polar surface area (TPSA) is 32.3 Å². The Labute approximate surface area is 75.4 Å². The number of hydrogen-bond acceptors (Lipinski definition) is 2. The molecule has 0 aromatic rings. The largest absolute Gasteiger partial charge is 0.396 e. The molecular weight excluding hydrogens is 150 g/mol. The van der Waals surface area contributed by atoms with Gasteiger partial charge in [0.15, 0.2) is 0 Å². The van der Waals surface area contributed by atoms with E-state index in [1.807, 2.05) is 0 Å². The van der Waals surface area contributed by atoms with Crippen molar-refractivity contribution in [3.05, 3.63) is 0 Å². The smallest absolute Gasteiger partial charge is 0.0431 e. The molecule has 1 saturated carbocycles. The van der Waals surface area contributed by atoms with Gasteiger partial charge in [-0.1, -0.05) is 6.42 Å². The molecule has 0 aliphatic heterocycles. The summed E-state index contributed by atoms with van der Waals surface area (Å²) >= 11 is 0. The van der Waals surface area contributed by atoms with Gasteiger partial charge in [-0.25, -0.2) is 0 Å². The molecule has 2 nitrogen and oxygen atoms in total. The maximum Gasteiger partial charge on any atom is 0.0431 e. The standard InChI is InChI=1S/C10H21NO/c1-9(4-3-7-12)11-8-10-5-2-6-10/h9-12H,2-8H2,1H3. The summed E-state index contributed by atoms with van der Waals surface area (Å²) in [5, 5.41) is 12.1. The lowest BCUT2D eigenvalue weighted by molar-refractivity contribution is 0.263. The van der Waals surface area contributed by atoms with Crippen molar-refractivity contribution in [3.8, 4) is 0 Å². The number of hydrogen-bond donors (Lipinski definition) is 2. The molecule has 0 aromatic carbocycles. The fraction of sp³-hybridized carbons (Fsp3) is 1.00. The van der Waals surface area contributed by atoms with Crippen molar-refractivity contribution in [3.63, 3.8) is 0 Å². The lowest BCUT2D eigenvalue weighted by atomic mass is 9.85. The third kappa shape index (κ3) is 3.55. The first-order valence-corrected chi connectivity index (χ1v) is 5.17. The quantitative estimate of drug-likeness (QED) is 0.635. The highest BCUT2D eigenvalue weighted by Crippen LogP contribution is 2.25. The van der Waals surface area contributed by atoms with Crippen molar-refractivity contribution >= 4 is 0 Å². The average Bonchev–Trinajstić information content (AvgIpc) is 1.98. The van der Waals surface area contributed by atoms with Crippen LogP contribution in [0, 0.1) is 5.92 Å². The van der Waals surface area contributed by atoms with Gasteiger partial charge in [0.1, 0.15) is 0 Å². The van der Waals surface area contributed by atoms with Gasteiger partial charge in [-0.05, 0) is 45.1 Å². The molecule has 0 heterocycles. The van der Waals surface area contributed by atoms with Crippen LogP contribution in [0.15, 0.2) is 0 Å². The van der Waals surface area contributed by atoms with Gasteiger partial charge in [0.25, 0.3) is 0 Å². The molecule has 0 amide bonds. The van der Waals surface area contributed by atoms with E-state index in [0.29, 0.717) is 12.6 Å². The van der Waals surface area contributed by atoms with Crippen LogP contribution in [-0.4, -0.2) is 24.3 Å². The molecule has 12 heavy (non-hydrogen) atoms. The third-order valence-electron chi connectivity index (χ3n) is 2.77. The average molecular weight is 171 g/mol. The first-order valence-electron chi connectivity index (χ1n) is 5.17. The van der Waals surface area contributed by atoms with Crippen LogP contribution in [0.5, 0.6) is 0 Å². The highest BCUT2D eigenvalue weighted by atomic mass is 16.2. The zero-order valence-electron chi connectivity index (χ0n) is 8.05. The highest BCUT2D eigenvalue weighted by molar-refractivity contribution is 4.73. The van der Waals surface area contributed by atoms with E-state index in [1.165, 1.54) is 25.8 Å². The van der Waals surface area contributed by atoms with Crippen LogP contribution in [0.2, 0.25) is 0 Å². The Morgan fingerprint density at radius 3 is 2.75 bits per heavy atom. The van der Waals surface area contributed by atoms with Gasteiger partial charge in [0.2, 0.25) is 0 Å². The summed E-state index contributed by atoms with van der Waals surface area (Å²) in [6.45, 7) is 3.72. The molecule has 72 valence electrons. The molecule has 1 aliphatic carbocycles. The van der Waals surface area contributed by atoms with Gasteiger partial charge in [-0.15, -0.1) is 0 Å². The minimum Gasteiger partial charge on any atom is -0.396 e. The lowest BCUT2D eigenvalue weighted by Gasteiger charge is -2.27. The van der Waals surface area contributed by atoms with Gasteiger partial charge in [0, 0.05) is 12.6 Å². The van der Waals surface area contributed by atoms with Crippen molar-refractivity contribution in [2.75, 3.05) is 13.2 Å². The minimum absolute atomic E-state index is 0.329. The predicted octanol–water partition coefficient (Wildman–Crippen LogP) is 1.54.